The first-order chi connectivity index (χ1) is 15.3. The van der Waals surface area contributed by atoms with E-state index < -0.39 is 18.0 Å². The Hall–Kier alpha value is -2.77. The van der Waals surface area contributed by atoms with E-state index in [1.165, 1.54) is 11.9 Å². The third kappa shape index (κ3) is 10.5. The summed E-state index contributed by atoms with van der Waals surface area (Å²) in [6, 6.07) is -1.62. The normalized spacial score (nSPS) is 15.7. The molecule has 182 valence electrons. The number of urea groups is 1. The van der Waals surface area contributed by atoms with E-state index in [0.29, 0.717) is 32.8 Å². The number of nitrogens with one attached hydrogen (secondary N) is 3. The molecule has 13 heteroatoms. The second kappa shape index (κ2) is 15.1. The molecule has 32 heavy (non-hydrogen) atoms. The molecule has 1 rings (SSSR count). The predicted octanol–water partition coefficient (Wildman–Crippen LogP) is -2.45. The van der Waals surface area contributed by atoms with Crippen LogP contribution in [0.4, 0.5) is 4.79 Å². The van der Waals surface area contributed by atoms with Crippen molar-refractivity contribution >= 4 is 29.8 Å². The maximum atomic E-state index is 12.7. The quantitative estimate of drug-likeness (QED) is 0.141. The summed E-state index contributed by atoms with van der Waals surface area (Å²) in [6.45, 7) is 5.78. The zero-order valence-corrected chi connectivity index (χ0v) is 18.9. The molecular weight excluding hydrogens is 420 g/mol. The number of amides is 4. The lowest BCUT2D eigenvalue weighted by Gasteiger charge is -2.30. The highest BCUT2D eigenvalue weighted by molar-refractivity contribution is 6.07. The number of ether oxygens (including phenoxy) is 1. The molecule has 7 N–H and O–H groups in total. The Bertz CT molecular complexity index is 672. The lowest BCUT2D eigenvalue weighted by atomic mass is 10.2. The number of carbonyl (C=O) groups excluding carboxylic acids is 4. The van der Waals surface area contributed by atoms with Crippen LogP contribution >= 0.6 is 0 Å². The summed E-state index contributed by atoms with van der Waals surface area (Å²) in [5.41, 5.74) is 10.5. The Balaban J connectivity index is 2.57. The van der Waals surface area contributed by atoms with Gasteiger partial charge < -0.3 is 31.3 Å². The van der Waals surface area contributed by atoms with E-state index in [1.807, 2.05) is 4.90 Å². The molecule has 1 atom stereocenters. The van der Waals surface area contributed by atoms with Gasteiger partial charge in [0.25, 0.3) is 5.91 Å². The van der Waals surface area contributed by atoms with E-state index in [4.69, 9.17) is 16.2 Å². The first-order valence-electron chi connectivity index (χ1n) is 10.7. The van der Waals surface area contributed by atoms with Crippen LogP contribution in [-0.2, 0) is 19.1 Å². The first-order valence-corrected chi connectivity index (χ1v) is 10.7. The molecule has 0 bridgehead atoms. The van der Waals surface area contributed by atoms with Crippen molar-refractivity contribution in [3.05, 3.63) is 0 Å². The fourth-order valence-electron chi connectivity index (χ4n) is 3.06. The minimum Gasteiger partial charge on any atom is -0.466 e. The van der Waals surface area contributed by atoms with E-state index in [2.05, 4.69) is 20.9 Å². The average Bonchev–Trinajstić information content (AvgIpc) is 2.74. The monoisotopic (exact) mass is 456 g/mol. The highest BCUT2D eigenvalue weighted by Crippen LogP contribution is 2.06. The number of rotatable bonds is 14. The lowest BCUT2D eigenvalue weighted by molar-refractivity contribution is -0.143. The van der Waals surface area contributed by atoms with Gasteiger partial charge in [-0.25, -0.2) is 9.79 Å². The zero-order chi connectivity index (χ0) is 23.9. The van der Waals surface area contributed by atoms with Gasteiger partial charge in [0.2, 0.25) is 11.9 Å². The van der Waals surface area contributed by atoms with Gasteiger partial charge in [0.15, 0.2) is 0 Å². The van der Waals surface area contributed by atoms with Gasteiger partial charge in [0, 0.05) is 39.6 Å². The van der Waals surface area contributed by atoms with Crippen molar-refractivity contribution in [3.8, 4) is 0 Å². The molecule has 0 aromatic carbocycles. The maximum absolute atomic E-state index is 12.7. The van der Waals surface area contributed by atoms with Gasteiger partial charge in [0.1, 0.15) is 6.04 Å². The number of aliphatic imine (C=N–C) groups is 1. The van der Waals surface area contributed by atoms with Gasteiger partial charge in [-0.2, -0.15) is 0 Å². The van der Waals surface area contributed by atoms with Crippen LogP contribution in [0.2, 0.25) is 0 Å². The van der Waals surface area contributed by atoms with Crippen molar-refractivity contribution < 1.29 is 23.9 Å². The van der Waals surface area contributed by atoms with Crippen molar-refractivity contribution in [2.75, 3.05) is 59.5 Å². The highest BCUT2D eigenvalue weighted by Gasteiger charge is 2.30. The Labute approximate surface area is 188 Å². The number of esters is 1. The van der Waals surface area contributed by atoms with Crippen LogP contribution in [0.15, 0.2) is 4.99 Å². The molecule has 1 aliphatic heterocycles. The van der Waals surface area contributed by atoms with E-state index >= 15 is 0 Å². The minimum absolute atomic E-state index is 0.0169. The molecule has 1 aliphatic rings. The van der Waals surface area contributed by atoms with Gasteiger partial charge in [-0.3, -0.25) is 25.0 Å². The maximum Gasteiger partial charge on any atom is 0.318 e. The molecule has 0 spiro atoms. The molecule has 0 fully saturated rings. The largest absolute Gasteiger partial charge is 0.466 e. The van der Waals surface area contributed by atoms with Crippen molar-refractivity contribution in [1.82, 2.24) is 25.8 Å². The number of likely N-dealkylation sites (N-methyl/N-ethyl adjacent to an activating group) is 1. The molecule has 13 nitrogen and oxygen atoms in total. The van der Waals surface area contributed by atoms with Crippen LogP contribution < -0.4 is 27.4 Å². The highest BCUT2D eigenvalue weighted by atomic mass is 16.5. The molecule has 0 radical (unpaired) electrons. The number of primary amides is 1. The SMILES string of the molecule is CCOC(=O)CCN(CCCNCCN)CCC(=O)N(C)C1CN=C(NC(N)=O)NC1=O. The number of nitrogens with two attached hydrogens (primary N) is 2. The van der Waals surface area contributed by atoms with Gasteiger partial charge in [-0.05, 0) is 26.4 Å². The third-order valence-electron chi connectivity index (χ3n) is 4.80. The van der Waals surface area contributed by atoms with Gasteiger partial charge in [-0.15, -0.1) is 0 Å². The molecule has 0 saturated carbocycles. The van der Waals surface area contributed by atoms with Crippen molar-refractivity contribution in [1.29, 1.82) is 0 Å². The molecule has 1 heterocycles. The number of nitrogens with zero attached hydrogens (tertiary/aromatic N) is 3. The smallest absolute Gasteiger partial charge is 0.318 e. The van der Waals surface area contributed by atoms with Gasteiger partial charge >= 0.3 is 12.0 Å². The van der Waals surface area contributed by atoms with Crippen LogP contribution in [0.1, 0.15) is 26.2 Å². The van der Waals surface area contributed by atoms with E-state index in [-0.39, 0.29) is 37.2 Å². The van der Waals surface area contributed by atoms with Gasteiger partial charge in [0.05, 0.1) is 19.6 Å². The molecule has 0 saturated heterocycles. The Morgan fingerprint density at radius 3 is 2.56 bits per heavy atom. The second-order valence-corrected chi connectivity index (χ2v) is 7.23. The van der Waals surface area contributed by atoms with E-state index in [0.717, 1.165) is 19.5 Å². The summed E-state index contributed by atoms with van der Waals surface area (Å²) in [5, 5.41) is 7.83. The third-order valence-corrected chi connectivity index (χ3v) is 4.80. The standard InChI is InChI=1S/C19H36N8O5/c1-3-32-16(29)6-12-27(10-4-8-22-9-7-20)11-5-15(28)26(2)14-13-23-19(24-17(14)30)25-18(21)31/h14,22H,3-13,20H2,1-2H3,(H4,21,23,24,25,30,31). The number of hydrogen-bond acceptors (Lipinski definition) is 9. The zero-order valence-electron chi connectivity index (χ0n) is 18.9. The summed E-state index contributed by atoms with van der Waals surface area (Å²) in [7, 11) is 1.54. The summed E-state index contributed by atoms with van der Waals surface area (Å²) in [5.74, 6) is -0.994. The van der Waals surface area contributed by atoms with Crippen LogP contribution in [0.5, 0.6) is 0 Å². The topological polar surface area (TPSA) is 184 Å². The number of guanidine groups is 1. The Kier molecular flexibility index (Phi) is 12.9. The van der Waals surface area contributed by atoms with Crippen LogP contribution in [0.25, 0.3) is 0 Å². The lowest BCUT2D eigenvalue weighted by Crippen LogP contribution is -2.58. The predicted molar refractivity (Wildman–Crippen MR) is 119 cm³/mol. The molecule has 0 aromatic heterocycles. The summed E-state index contributed by atoms with van der Waals surface area (Å²) < 4.78 is 4.98. The number of hydrogen-bond donors (Lipinski definition) is 5. The van der Waals surface area contributed by atoms with Gasteiger partial charge in [-0.1, -0.05) is 0 Å². The molecular formula is C19H36N8O5. The van der Waals surface area contributed by atoms with Crippen molar-refractivity contribution in [2.45, 2.75) is 32.2 Å². The molecule has 4 amide bonds. The fraction of sp³-hybridized carbons (Fsp3) is 0.737. The van der Waals surface area contributed by atoms with E-state index in [1.54, 1.807) is 6.92 Å². The number of carbonyl (C=O) groups is 4. The van der Waals surface area contributed by atoms with Crippen LogP contribution in [0, 0.1) is 0 Å². The second-order valence-electron chi connectivity index (χ2n) is 7.23. The van der Waals surface area contributed by atoms with Crippen molar-refractivity contribution in [3.63, 3.8) is 0 Å². The molecule has 0 aliphatic carbocycles. The Morgan fingerprint density at radius 2 is 1.94 bits per heavy atom. The molecule has 0 aromatic rings. The average molecular weight is 457 g/mol. The summed E-state index contributed by atoms with van der Waals surface area (Å²) in [4.78, 5) is 54.9. The minimum atomic E-state index is -0.840. The first kappa shape index (κ1) is 27.3. The van der Waals surface area contributed by atoms with E-state index in [9.17, 15) is 19.2 Å². The fourth-order valence-corrected chi connectivity index (χ4v) is 3.06. The summed E-state index contributed by atoms with van der Waals surface area (Å²) in [6.07, 6.45) is 1.25. The Morgan fingerprint density at radius 1 is 1.22 bits per heavy atom. The van der Waals surface area contributed by atoms with Crippen LogP contribution in [0.3, 0.4) is 0 Å². The van der Waals surface area contributed by atoms with Crippen LogP contribution in [-0.4, -0.2) is 105 Å². The molecule has 1 unspecified atom stereocenters. The van der Waals surface area contributed by atoms with Crippen molar-refractivity contribution in [2.24, 2.45) is 16.5 Å². The summed E-state index contributed by atoms with van der Waals surface area (Å²) >= 11 is 0.